The number of benzene rings is 1. The van der Waals surface area contributed by atoms with Crippen molar-refractivity contribution in [3.8, 4) is 23.8 Å². The van der Waals surface area contributed by atoms with Gasteiger partial charge in [-0.1, -0.05) is 0 Å². The summed E-state index contributed by atoms with van der Waals surface area (Å²) in [4.78, 5) is 25.0. The number of ether oxygens (including phenoxy) is 1. The van der Waals surface area contributed by atoms with E-state index in [0.29, 0.717) is 4.57 Å². The number of rotatable bonds is 2. The molecule has 1 N–H and O–H groups in total. The molecule has 0 aliphatic carbocycles. The predicted octanol–water partition coefficient (Wildman–Crippen LogP) is 0.369. The molecule has 0 saturated heterocycles. The summed E-state index contributed by atoms with van der Waals surface area (Å²) in [6.07, 6.45) is 5.31. The number of aliphatic hydroxyl groups excluding tert-OH is 1. The maximum Gasteiger partial charge on any atom is 0.379 e. The molecule has 1 aliphatic rings. The van der Waals surface area contributed by atoms with E-state index in [4.69, 9.17) is 23.4 Å². The van der Waals surface area contributed by atoms with E-state index >= 15 is 0 Å². The van der Waals surface area contributed by atoms with Crippen molar-refractivity contribution >= 4 is 23.8 Å². The lowest BCUT2D eigenvalue weighted by molar-refractivity contribution is -0.442. The zero-order chi connectivity index (χ0) is 19.2. The van der Waals surface area contributed by atoms with Gasteiger partial charge in [-0.25, -0.2) is 18.5 Å². The second-order valence-corrected chi connectivity index (χ2v) is 5.93. The van der Waals surface area contributed by atoms with Gasteiger partial charge in [0.15, 0.2) is 16.3 Å². The molecule has 3 rings (SSSR count). The predicted molar refractivity (Wildman–Crippen MR) is 93.8 cm³/mol. The van der Waals surface area contributed by atoms with E-state index in [1.807, 2.05) is 0 Å². The Balaban J connectivity index is 2.38. The molecule has 0 saturated carbocycles. The van der Waals surface area contributed by atoms with Crippen molar-refractivity contribution < 1.29 is 18.8 Å². The number of halogens is 1. The van der Waals surface area contributed by atoms with Gasteiger partial charge in [0, 0.05) is 26.2 Å². The molecule has 8 nitrogen and oxygen atoms in total. The Morgan fingerprint density at radius 3 is 2.54 bits per heavy atom. The summed E-state index contributed by atoms with van der Waals surface area (Å²) in [5, 5.41) is 9.99. The monoisotopic (exact) mass is 377 g/mol. The number of aromatic nitrogens is 3. The van der Waals surface area contributed by atoms with Gasteiger partial charge in [0.25, 0.3) is 5.69 Å². The fourth-order valence-corrected chi connectivity index (χ4v) is 2.79. The number of fused-ring (bicyclic) bond motifs is 1. The van der Waals surface area contributed by atoms with E-state index in [-0.39, 0.29) is 40.9 Å². The van der Waals surface area contributed by atoms with Crippen LogP contribution in [0.3, 0.4) is 0 Å². The Morgan fingerprint density at radius 2 is 1.96 bits per heavy atom. The number of hydrogen-bond donors (Lipinski definition) is 1. The van der Waals surface area contributed by atoms with Crippen LogP contribution >= 0.6 is 12.2 Å². The third-order valence-electron chi connectivity index (χ3n) is 4.01. The van der Waals surface area contributed by atoms with Gasteiger partial charge in [0.05, 0.1) is 5.69 Å². The third kappa shape index (κ3) is 2.53. The van der Waals surface area contributed by atoms with Crippen LogP contribution < -0.4 is 16.1 Å². The maximum atomic E-state index is 14.6. The van der Waals surface area contributed by atoms with Crippen LogP contribution in [0.15, 0.2) is 21.7 Å². The van der Waals surface area contributed by atoms with Crippen LogP contribution in [-0.4, -0.2) is 42.4 Å². The fourth-order valence-electron chi connectivity index (χ4n) is 2.63. The van der Waals surface area contributed by atoms with Crippen LogP contribution in [0.2, 0.25) is 0 Å². The van der Waals surface area contributed by atoms with Gasteiger partial charge in [-0.15, -0.1) is 11.0 Å². The minimum Gasteiger partial charge on any atom is -0.472 e. The second-order valence-electron chi connectivity index (χ2n) is 5.57. The molecular weight excluding hydrogens is 363 g/mol. The molecule has 1 aromatic heterocycles. The van der Waals surface area contributed by atoms with E-state index in [1.54, 1.807) is 0 Å². The normalized spacial score (nSPS) is 13.2. The molecule has 0 radical (unpaired) electrons. The first kappa shape index (κ1) is 17.6. The maximum absolute atomic E-state index is 14.6. The standard InChI is InChI=1S/C16H13FN4O4S/c1-4-5-20-11-7-10(9(17)6-12(11)25-8-13(20)22)21-14(23)18(2)16(26)19(3)15(21)24/h1,6-7H,5,8H2,2-3H3/p+1. The van der Waals surface area contributed by atoms with E-state index in [1.165, 1.54) is 24.7 Å². The average Bonchev–Trinajstić information content (AvgIpc) is 2.62. The summed E-state index contributed by atoms with van der Waals surface area (Å²) in [5.74, 6) is 1.50. The number of nitrogens with zero attached hydrogens (tertiary/aromatic N) is 4. The largest absolute Gasteiger partial charge is 0.472 e. The van der Waals surface area contributed by atoms with Crippen molar-refractivity contribution in [2.75, 3.05) is 13.2 Å². The van der Waals surface area contributed by atoms with Crippen LogP contribution in [0.5, 0.6) is 5.75 Å². The fraction of sp³-hybridized carbons (Fsp3) is 0.250. The van der Waals surface area contributed by atoms with Crippen molar-refractivity contribution in [2.45, 2.75) is 0 Å². The van der Waals surface area contributed by atoms with Gasteiger partial charge in [-0.05, 0) is 18.1 Å². The van der Waals surface area contributed by atoms with Gasteiger partial charge in [-0.3, -0.25) is 9.13 Å². The Labute approximate surface area is 151 Å². The molecule has 0 atom stereocenters. The Hall–Kier alpha value is -3.19. The quantitative estimate of drug-likeness (QED) is 0.465. The SMILES string of the molecule is C#CC[N+]1=C(O)COc2cc(F)c(-n3c(=O)n(C)c(=S)n(C)c3=O)cc21. The molecule has 0 spiro atoms. The lowest BCUT2D eigenvalue weighted by Crippen LogP contribution is -2.44. The smallest absolute Gasteiger partial charge is 0.379 e. The van der Waals surface area contributed by atoms with E-state index < -0.39 is 17.2 Å². The molecule has 1 aromatic carbocycles. The number of hydrogen-bond acceptors (Lipinski definition) is 4. The van der Waals surface area contributed by atoms with Crippen LogP contribution in [0.4, 0.5) is 10.1 Å². The summed E-state index contributed by atoms with van der Waals surface area (Å²) < 4.78 is 24.0. The molecule has 26 heavy (non-hydrogen) atoms. The average molecular weight is 377 g/mol. The zero-order valence-electron chi connectivity index (χ0n) is 13.9. The first-order valence-electron chi connectivity index (χ1n) is 7.39. The molecule has 10 heteroatoms. The molecule has 2 aromatic rings. The highest BCUT2D eigenvalue weighted by Gasteiger charge is 2.30. The zero-order valence-corrected chi connectivity index (χ0v) is 14.7. The van der Waals surface area contributed by atoms with Crippen molar-refractivity contribution in [3.63, 3.8) is 0 Å². The molecule has 2 heterocycles. The Kier molecular flexibility index (Phi) is 4.25. The molecule has 134 valence electrons. The highest BCUT2D eigenvalue weighted by Crippen LogP contribution is 2.33. The molecule has 0 bridgehead atoms. The Morgan fingerprint density at radius 1 is 1.35 bits per heavy atom. The van der Waals surface area contributed by atoms with Gasteiger partial charge < -0.3 is 9.84 Å². The highest BCUT2D eigenvalue weighted by molar-refractivity contribution is 7.71. The third-order valence-corrected chi connectivity index (χ3v) is 4.56. The molecule has 1 aliphatic heterocycles. The van der Waals surface area contributed by atoms with E-state index in [2.05, 4.69) is 5.92 Å². The summed E-state index contributed by atoms with van der Waals surface area (Å²) in [6.45, 7) is -0.173. The number of aliphatic hydroxyl groups is 1. The van der Waals surface area contributed by atoms with Gasteiger partial charge in [0.2, 0.25) is 13.2 Å². The minimum atomic E-state index is -0.845. The van der Waals surface area contributed by atoms with Crippen molar-refractivity contribution in [2.24, 2.45) is 14.1 Å². The van der Waals surface area contributed by atoms with E-state index in [9.17, 15) is 19.1 Å². The molecule has 0 fully saturated rings. The van der Waals surface area contributed by atoms with Crippen molar-refractivity contribution in [1.82, 2.24) is 13.7 Å². The number of terminal acetylenes is 1. The Bertz CT molecular complexity index is 1140. The van der Waals surface area contributed by atoms with Crippen molar-refractivity contribution in [3.05, 3.63) is 43.7 Å². The molecule has 0 amide bonds. The van der Waals surface area contributed by atoms with Gasteiger partial charge >= 0.3 is 17.3 Å². The molecular formula is C16H14FN4O4S+. The van der Waals surface area contributed by atoms with Crippen LogP contribution in [0.1, 0.15) is 0 Å². The van der Waals surface area contributed by atoms with Crippen LogP contribution in [0.25, 0.3) is 5.69 Å². The summed E-state index contributed by atoms with van der Waals surface area (Å²) >= 11 is 5.01. The lowest BCUT2D eigenvalue weighted by Gasteiger charge is -2.16. The summed E-state index contributed by atoms with van der Waals surface area (Å²) in [6, 6.07) is 2.26. The topological polar surface area (TPSA) is 81.4 Å². The van der Waals surface area contributed by atoms with Gasteiger partial charge in [-0.2, -0.15) is 0 Å². The van der Waals surface area contributed by atoms with Crippen LogP contribution in [-0.2, 0) is 14.1 Å². The van der Waals surface area contributed by atoms with Gasteiger partial charge in [0.1, 0.15) is 0 Å². The molecule has 0 unspecified atom stereocenters. The second kappa shape index (κ2) is 6.27. The first-order chi connectivity index (χ1) is 12.3. The minimum absolute atomic E-state index is 0.000942. The van der Waals surface area contributed by atoms with Crippen molar-refractivity contribution in [1.29, 1.82) is 0 Å². The first-order valence-corrected chi connectivity index (χ1v) is 7.80. The van der Waals surface area contributed by atoms with Crippen LogP contribution in [0, 0.1) is 22.9 Å². The van der Waals surface area contributed by atoms with E-state index in [0.717, 1.165) is 15.2 Å². The highest BCUT2D eigenvalue weighted by atomic mass is 32.1. The lowest BCUT2D eigenvalue weighted by atomic mass is 10.2. The summed E-state index contributed by atoms with van der Waals surface area (Å²) in [7, 11) is 2.76. The summed E-state index contributed by atoms with van der Waals surface area (Å²) in [5.41, 5.74) is -1.67.